The second-order valence-electron chi connectivity index (χ2n) is 3.23. The molecule has 0 aliphatic rings. The summed E-state index contributed by atoms with van der Waals surface area (Å²) in [7, 11) is 0. The molecule has 0 heterocycles. The number of aliphatic hydroxyl groups excluding tert-OH is 1. The first-order chi connectivity index (χ1) is 4.87. The Kier molecular flexibility index (Phi) is 3.48. The second-order valence-corrected chi connectivity index (χ2v) is 3.23. The van der Waals surface area contributed by atoms with Crippen molar-refractivity contribution in [1.82, 2.24) is 0 Å². The minimum atomic E-state index is -1.07. The number of hydrogen-bond donors (Lipinski definition) is 3. The molecule has 0 aromatic heterocycles. The minimum absolute atomic E-state index is 0.0683. The van der Waals surface area contributed by atoms with Crippen LogP contribution in [-0.4, -0.2) is 33.5 Å². The van der Waals surface area contributed by atoms with Crippen molar-refractivity contribution >= 4 is 5.97 Å². The molecule has 1 atom stereocenters. The average Bonchev–Trinajstić information content (AvgIpc) is 1.80. The second kappa shape index (κ2) is 3.69. The third-order valence-electron chi connectivity index (χ3n) is 1.32. The molecule has 0 aliphatic carbocycles. The van der Waals surface area contributed by atoms with Gasteiger partial charge in [0.25, 0.3) is 0 Å². The lowest BCUT2D eigenvalue weighted by Crippen LogP contribution is -2.29. The Hall–Kier alpha value is -0.610. The summed E-state index contributed by atoms with van der Waals surface area (Å²) in [6.45, 7) is 2.59. The summed E-state index contributed by atoms with van der Waals surface area (Å²) in [6, 6.07) is 0. The Morgan fingerprint density at radius 1 is 1.55 bits per heavy atom. The normalized spacial score (nSPS) is 14.5. The van der Waals surface area contributed by atoms with Crippen molar-refractivity contribution in [1.29, 1.82) is 0 Å². The van der Waals surface area contributed by atoms with Crippen LogP contribution in [0.4, 0.5) is 0 Å². The molecule has 0 aromatic rings. The van der Waals surface area contributed by atoms with Crippen LogP contribution >= 0.6 is 0 Å². The first-order valence-electron chi connectivity index (χ1n) is 3.43. The molecule has 0 fully saturated rings. The van der Waals surface area contributed by atoms with Gasteiger partial charge in [-0.3, -0.25) is 4.79 Å². The fourth-order valence-corrected chi connectivity index (χ4v) is 0.833. The van der Waals surface area contributed by atoms with Gasteiger partial charge in [0.05, 0.1) is 18.1 Å². The van der Waals surface area contributed by atoms with Crippen molar-refractivity contribution in [2.75, 3.05) is 6.61 Å². The van der Waals surface area contributed by atoms with Crippen LogP contribution in [0.15, 0.2) is 0 Å². The van der Waals surface area contributed by atoms with E-state index in [9.17, 15) is 9.90 Å². The molecule has 0 amide bonds. The van der Waals surface area contributed by atoms with E-state index in [2.05, 4.69) is 0 Å². The van der Waals surface area contributed by atoms with Gasteiger partial charge in [0, 0.05) is 0 Å². The van der Waals surface area contributed by atoms with Gasteiger partial charge in [-0.1, -0.05) is 0 Å². The Morgan fingerprint density at radius 2 is 2.00 bits per heavy atom. The molecule has 0 bridgehead atoms. The predicted molar refractivity (Wildman–Crippen MR) is 39.1 cm³/mol. The van der Waals surface area contributed by atoms with Crippen molar-refractivity contribution in [2.45, 2.75) is 25.9 Å². The molecule has 0 spiro atoms. The maximum atomic E-state index is 10.3. The number of hydrogen-bond acceptors (Lipinski definition) is 3. The Balaban J connectivity index is 3.99. The lowest BCUT2D eigenvalue weighted by molar-refractivity contribution is -0.145. The van der Waals surface area contributed by atoms with Gasteiger partial charge in [-0.15, -0.1) is 0 Å². The number of rotatable bonds is 4. The Bertz CT molecular complexity index is 136. The van der Waals surface area contributed by atoms with E-state index in [1.165, 1.54) is 13.8 Å². The van der Waals surface area contributed by atoms with E-state index in [1.54, 1.807) is 0 Å². The average molecular weight is 162 g/mol. The van der Waals surface area contributed by atoms with Crippen molar-refractivity contribution in [2.24, 2.45) is 5.92 Å². The highest BCUT2D eigenvalue weighted by Gasteiger charge is 2.24. The zero-order valence-electron chi connectivity index (χ0n) is 6.74. The maximum Gasteiger partial charge on any atom is 0.308 e. The van der Waals surface area contributed by atoms with E-state index in [0.717, 1.165) is 0 Å². The summed E-state index contributed by atoms with van der Waals surface area (Å²) < 4.78 is 0. The molecule has 3 N–H and O–H groups in total. The lowest BCUT2D eigenvalue weighted by atomic mass is 9.94. The highest BCUT2D eigenvalue weighted by atomic mass is 16.4. The monoisotopic (exact) mass is 162 g/mol. The van der Waals surface area contributed by atoms with Gasteiger partial charge >= 0.3 is 5.97 Å². The van der Waals surface area contributed by atoms with E-state index >= 15 is 0 Å². The quantitative estimate of drug-likeness (QED) is 0.536. The van der Waals surface area contributed by atoms with E-state index in [0.29, 0.717) is 0 Å². The molecule has 0 radical (unpaired) electrons. The van der Waals surface area contributed by atoms with Crippen molar-refractivity contribution in [3.8, 4) is 0 Å². The van der Waals surface area contributed by atoms with Gasteiger partial charge in [0.1, 0.15) is 0 Å². The molecule has 4 heteroatoms. The number of carbonyl (C=O) groups is 1. The first kappa shape index (κ1) is 10.4. The third kappa shape index (κ3) is 4.75. The van der Waals surface area contributed by atoms with Crippen LogP contribution in [-0.2, 0) is 4.79 Å². The molecule has 66 valence electrons. The Morgan fingerprint density at radius 3 is 2.09 bits per heavy atom. The smallest absolute Gasteiger partial charge is 0.308 e. The fourth-order valence-electron chi connectivity index (χ4n) is 0.833. The summed E-state index contributed by atoms with van der Waals surface area (Å²) in [5.41, 5.74) is -1.04. The third-order valence-corrected chi connectivity index (χ3v) is 1.32. The van der Waals surface area contributed by atoms with Crippen molar-refractivity contribution < 1.29 is 20.1 Å². The van der Waals surface area contributed by atoms with Crippen LogP contribution in [0.25, 0.3) is 0 Å². The van der Waals surface area contributed by atoms with Crippen LogP contribution in [0.2, 0.25) is 0 Å². The van der Waals surface area contributed by atoms with Crippen LogP contribution in [0.3, 0.4) is 0 Å². The van der Waals surface area contributed by atoms with E-state index in [4.69, 9.17) is 10.2 Å². The molecule has 0 saturated carbocycles. The fraction of sp³-hybridized carbons (Fsp3) is 0.857. The highest BCUT2D eigenvalue weighted by molar-refractivity contribution is 5.70. The summed E-state index contributed by atoms with van der Waals surface area (Å²) in [6.07, 6.45) is 0.0683. The van der Waals surface area contributed by atoms with E-state index < -0.39 is 24.1 Å². The molecule has 0 saturated heterocycles. The van der Waals surface area contributed by atoms with Gasteiger partial charge < -0.3 is 15.3 Å². The minimum Gasteiger partial charge on any atom is -0.481 e. The number of carboxylic acid groups (broad SMARTS) is 1. The first-order valence-corrected chi connectivity index (χ1v) is 3.43. The summed E-state index contributed by atoms with van der Waals surface area (Å²) >= 11 is 0. The maximum absolute atomic E-state index is 10.3. The molecule has 0 aromatic carbocycles. The molecule has 11 heavy (non-hydrogen) atoms. The largest absolute Gasteiger partial charge is 0.481 e. The number of aliphatic carboxylic acids is 1. The van der Waals surface area contributed by atoms with Gasteiger partial charge in [-0.25, -0.2) is 0 Å². The van der Waals surface area contributed by atoms with Crippen LogP contribution in [0, 0.1) is 5.92 Å². The summed E-state index contributed by atoms with van der Waals surface area (Å²) in [4.78, 5) is 10.3. The topological polar surface area (TPSA) is 77.8 Å². The van der Waals surface area contributed by atoms with Crippen molar-refractivity contribution in [3.05, 3.63) is 0 Å². The number of aliphatic hydroxyl groups is 2. The zero-order chi connectivity index (χ0) is 9.07. The van der Waals surface area contributed by atoms with Crippen LogP contribution in [0.5, 0.6) is 0 Å². The molecular weight excluding hydrogens is 148 g/mol. The highest BCUT2D eigenvalue weighted by Crippen LogP contribution is 2.15. The lowest BCUT2D eigenvalue weighted by Gasteiger charge is -2.20. The molecule has 0 aliphatic heterocycles. The van der Waals surface area contributed by atoms with Gasteiger partial charge in [-0.2, -0.15) is 0 Å². The van der Waals surface area contributed by atoms with Gasteiger partial charge in [0.2, 0.25) is 0 Å². The number of carboxylic acids is 1. The van der Waals surface area contributed by atoms with E-state index in [-0.39, 0.29) is 6.42 Å². The standard InChI is InChI=1S/C7H14O4/c1-7(2,11)3-5(4-8)6(9)10/h5,8,11H,3-4H2,1-2H3,(H,9,10). The molecular formula is C7H14O4. The SMILES string of the molecule is CC(C)(O)CC(CO)C(=O)O. The van der Waals surface area contributed by atoms with Gasteiger partial charge in [-0.05, 0) is 20.3 Å². The summed E-state index contributed by atoms with van der Waals surface area (Å²) in [5, 5.41) is 26.2. The predicted octanol–water partition coefficient (Wildman–Crippen LogP) is -0.160. The van der Waals surface area contributed by atoms with Crippen LogP contribution in [0.1, 0.15) is 20.3 Å². The zero-order valence-corrected chi connectivity index (χ0v) is 6.74. The van der Waals surface area contributed by atoms with E-state index in [1.807, 2.05) is 0 Å². The van der Waals surface area contributed by atoms with Crippen molar-refractivity contribution in [3.63, 3.8) is 0 Å². The summed E-state index contributed by atoms with van der Waals surface area (Å²) in [5.74, 6) is -1.94. The molecule has 0 rings (SSSR count). The van der Waals surface area contributed by atoms with Crippen LogP contribution < -0.4 is 0 Å². The molecule has 1 unspecified atom stereocenters. The molecule has 4 nitrogen and oxygen atoms in total. The van der Waals surface area contributed by atoms with Gasteiger partial charge in [0.15, 0.2) is 0 Å². The Labute approximate surface area is 65.5 Å².